The molecule has 15 aromatic rings. The molecule has 0 aliphatic rings. The van der Waals surface area contributed by atoms with Gasteiger partial charge in [0.15, 0.2) is 0 Å². The number of nitrogens with zero attached hydrogens (tertiary/aromatic N) is 11. The molecule has 0 saturated carbocycles. The van der Waals surface area contributed by atoms with Gasteiger partial charge >= 0.3 is 5.97 Å². The lowest BCUT2D eigenvalue weighted by molar-refractivity contribution is -0.138. The summed E-state index contributed by atoms with van der Waals surface area (Å²) in [7, 11) is 6.50. The van der Waals surface area contributed by atoms with Crippen LogP contribution in [0.2, 0.25) is 0 Å². The topological polar surface area (TPSA) is 310 Å². The number of halogens is 3. The van der Waals surface area contributed by atoms with Gasteiger partial charge in [-0.15, -0.1) is 0 Å². The summed E-state index contributed by atoms with van der Waals surface area (Å²) in [5.41, 5.74) is 25.2. The van der Waals surface area contributed by atoms with Crippen LogP contribution in [0.3, 0.4) is 0 Å². The number of aliphatic carboxylic acids is 1. The minimum Gasteiger partial charge on any atom is -0.481 e. The lowest BCUT2D eigenvalue weighted by Crippen LogP contribution is -2.41. The smallest absolute Gasteiger partial charge is 0.325 e. The summed E-state index contributed by atoms with van der Waals surface area (Å²) in [5, 5.41) is 45.7. The van der Waals surface area contributed by atoms with Crippen molar-refractivity contribution in [3.8, 4) is 56.3 Å². The predicted octanol–water partition coefficient (Wildman–Crippen LogP) is 14.2. The van der Waals surface area contributed by atoms with Crippen molar-refractivity contribution >= 4 is 83.2 Å². The van der Waals surface area contributed by atoms with Gasteiger partial charge in [-0.3, -0.25) is 39.0 Å². The highest BCUT2D eigenvalue weighted by atomic mass is 19.1. The third-order valence-electron chi connectivity index (χ3n) is 19.4. The number of H-pyrrole nitrogens is 3. The van der Waals surface area contributed by atoms with Crippen molar-refractivity contribution in [2.75, 3.05) is 48.3 Å². The molecule has 8 N–H and O–H groups in total. The van der Waals surface area contributed by atoms with Crippen LogP contribution in [0.4, 0.5) is 13.2 Å². The second-order valence-corrected chi connectivity index (χ2v) is 29.0. The number of carbonyl (C=O) groups is 3. The molecule has 107 heavy (non-hydrogen) atoms. The minimum atomic E-state index is -1.01. The number of nitrogens with two attached hydrogens (primary N) is 2. The minimum absolute atomic E-state index is 0.103. The SMILES string of the molecule is COCC(C)(C)c1c(-c2ccc(C(N)=O)nc2OC)c2cc3[nH]ncc3cc2n1-c1ccc(F)cc1.COCC(C)(C)c1c(-c2cn(CC(=O)O)nc2C)c2cc3[nH]ncc3cc2n1-c1ccc(F)cc1.COCC(C)(C)c1c(-c2cnn(C(C)(C)C(N)=O)c2)c2cc3[nH]ncc3cc2n1-c1ccc(F)cc1. The molecule has 6 aromatic carbocycles. The van der Waals surface area contributed by atoms with Gasteiger partial charge in [0, 0.05) is 150 Å². The molecule has 0 fully saturated rings. The predicted molar refractivity (Wildman–Crippen MR) is 405 cm³/mol. The van der Waals surface area contributed by atoms with Crippen molar-refractivity contribution in [1.82, 2.24) is 68.8 Å². The van der Waals surface area contributed by atoms with E-state index < -0.39 is 39.6 Å². The zero-order valence-electron chi connectivity index (χ0n) is 61.4. The summed E-state index contributed by atoms with van der Waals surface area (Å²) in [5.74, 6) is -2.77. The van der Waals surface area contributed by atoms with Crippen LogP contribution in [-0.2, 0) is 52.1 Å². The number of carboxylic acid groups (broad SMARTS) is 1. The van der Waals surface area contributed by atoms with Crippen molar-refractivity contribution in [2.24, 2.45) is 11.5 Å². The average Bonchev–Trinajstić information content (AvgIpc) is 1.58. The van der Waals surface area contributed by atoms with Crippen molar-refractivity contribution in [3.63, 3.8) is 0 Å². The Kier molecular flexibility index (Phi) is 19.4. The fourth-order valence-corrected chi connectivity index (χ4v) is 14.6. The number of primary amides is 2. The Hall–Kier alpha value is -12.2. The third-order valence-corrected chi connectivity index (χ3v) is 19.4. The number of ether oxygens (including phenoxy) is 4. The molecule has 0 aliphatic carbocycles. The van der Waals surface area contributed by atoms with Gasteiger partial charge in [-0.05, 0) is 142 Å². The largest absolute Gasteiger partial charge is 0.481 e. The normalized spacial score (nSPS) is 12.2. The number of nitrogens with one attached hydrogen (secondary N) is 3. The molecule has 9 aromatic heterocycles. The van der Waals surface area contributed by atoms with E-state index in [2.05, 4.69) is 119 Å². The van der Waals surface area contributed by atoms with Crippen LogP contribution in [-0.4, -0.2) is 140 Å². The van der Waals surface area contributed by atoms with Gasteiger partial charge in [-0.25, -0.2) is 18.2 Å². The van der Waals surface area contributed by atoms with Crippen LogP contribution in [0.25, 0.3) is 116 Å². The van der Waals surface area contributed by atoms with E-state index in [1.165, 1.54) is 48.2 Å². The highest BCUT2D eigenvalue weighted by molar-refractivity contribution is 6.09. The van der Waals surface area contributed by atoms with E-state index in [-0.39, 0.29) is 35.6 Å². The zero-order chi connectivity index (χ0) is 76.3. The number of amides is 2. The Balaban J connectivity index is 0.000000142. The van der Waals surface area contributed by atoms with E-state index in [0.717, 1.165) is 127 Å². The third kappa shape index (κ3) is 13.5. The first-order valence-electron chi connectivity index (χ1n) is 34.3. The number of hydrogen-bond donors (Lipinski definition) is 6. The number of methoxy groups -OCH3 is 4. The number of carbonyl (C=O) groups excluding carboxylic acids is 2. The highest BCUT2D eigenvalue weighted by Crippen LogP contribution is 2.49. The van der Waals surface area contributed by atoms with Gasteiger partial charge in [0.1, 0.15) is 35.2 Å². The fraction of sp³-hybridized carbons (Fsp3) is 0.263. The van der Waals surface area contributed by atoms with Crippen LogP contribution in [0.5, 0.6) is 5.88 Å². The van der Waals surface area contributed by atoms with E-state index in [1.54, 1.807) is 119 Å². The molecule has 0 atom stereocenters. The molecular formula is C80H81F3N16O8. The Morgan fingerprint density at radius 2 is 0.907 bits per heavy atom. The van der Waals surface area contributed by atoms with Gasteiger partial charge in [0.25, 0.3) is 5.91 Å². The van der Waals surface area contributed by atoms with Crippen LogP contribution < -0.4 is 16.2 Å². The van der Waals surface area contributed by atoms with E-state index in [4.69, 9.17) is 30.4 Å². The maximum atomic E-state index is 13.9. The van der Waals surface area contributed by atoms with Gasteiger partial charge in [-0.1, -0.05) is 41.5 Å². The molecular weight excluding hydrogens is 1370 g/mol. The molecule has 2 amide bonds. The summed E-state index contributed by atoms with van der Waals surface area (Å²) < 4.78 is 73.6. The Morgan fingerprint density at radius 3 is 1.28 bits per heavy atom. The number of aryl methyl sites for hydroxylation is 1. The Labute approximate surface area is 612 Å². The molecule has 0 spiro atoms. The maximum Gasteiger partial charge on any atom is 0.325 e. The van der Waals surface area contributed by atoms with Gasteiger partial charge in [-0.2, -0.15) is 25.5 Å². The fourth-order valence-electron chi connectivity index (χ4n) is 14.6. The standard InChI is InChI=1S/C27H29FN6O2.C27H26FN5O3.C26H26FN5O3/c1-26(2,15-36-5)24-23(17-13-31-33(14-17)27(3,4)25(29)35)20-11-21-16(12-30-32-21)10-22(20)34(24)19-8-6-18(28)7-9-19;1-27(2,14-35-3)24-23(18-9-10-20(25(29)34)31-26(18)36-4)19-12-21-15(13-30-32-21)11-22(19)33(24)17-7-5-16(28)6-8-17;1-15-20(12-31(30-15)13-23(33)34)24-19-10-21-16(11-28-29-21)9-22(19)32(18-7-5-17(27)6-8-18)25(24)26(2,3)14-35-4/h6-14H,15H2,1-5H3,(H2,29,35)(H,30,32);5-13H,14H2,1-4H3,(H2,29,34)(H,30,32);5-12H,13-14H2,1-4H3,(H,28,29)(H,33,34). The first kappa shape index (κ1) is 73.1. The monoisotopic (exact) mass is 1450 g/mol. The maximum absolute atomic E-state index is 13.9. The van der Waals surface area contributed by atoms with Crippen molar-refractivity contribution in [1.29, 1.82) is 0 Å². The Morgan fingerprint density at radius 1 is 0.514 bits per heavy atom. The molecule has 0 saturated heterocycles. The summed E-state index contributed by atoms with van der Waals surface area (Å²) in [6.45, 7) is 19.0. The van der Waals surface area contributed by atoms with E-state index in [9.17, 15) is 32.7 Å². The number of carboxylic acids is 1. The summed E-state index contributed by atoms with van der Waals surface area (Å²) >= 11 is 0. The first-order chi connectivity index (χ1) is 51.0. The molecule has 550 valence electrons. The Bertz CT molecular complexity index is 5890. The number of hydrogen-bond acceptors (Lipinski definition) is 13. The van der Waals surface area contributed by atoms with Crippen molar-refractivity contribution in [3.05, 3.63) is 204 Å². The molecule has 27 heteroatoms. The number of aromatic nitrogens is 14. The van der Waals surface area contributed by atoms with E-state index in [1.807, 2.05) is 31.3 Å². The van der Waals surface area contributed by atoms with Gasteiger partial charge in [0.05, 0.1) is 90.5 Å². The second kappa shape index (κ2) is 28.4. The second-order valence-electron chi connectivity index (χ2n) is 29.0. The quantitative estimate of drug-likeness (QED) is 0.0390. The molecule has 0 aliphatic heterocycles. The number of pyridine rings is 1. The molecule has 0 unspecified atom stereocenters. The zero-order valence-corrected chi connectivity index (χ0v) is 61.4. The van der Waals surface area contributed by atoms with Crippen LogP contribution in [0, 0.1) is 24.4 Å². The number of fused-ring (bicyclic) bond motifs is 6. The molecule has 0 bridgehead atoms. The number of rotatable bonds is 21. The summed E-state index contributed by atoms with van der Waals surface area (Å²) in [6, 6.07) is 34.9. The summed E-state index contributed by atoms with van der Waals surface area (Å²) in [4.78, 5) is 39.7. The van der Waals surface area contributed by atoms with Crippen LogP contribution in [0.1, 0.15) is 88.7 Å². The van der Waals surface area contributed by atoms with Crippen molar-refractivity contribution < 1.29 is 51.6 Å². The number of aromatic amines is 3. The van der Waals surface area contributed by atoms with E-state index >= 15 is 0 Å². The molecule has 24 nitrogen and oxygen atoms in total. The summed E-state index contributed by atoms with van der Waals surface area (Å²) in [6.07, 6.45) is 10.7. The highest BCUT2D eigenvalue weighted by Gasteiger charge is 2.38. The lowest BCUT2D eigenvalue weighted by atomic mass is 9.85. The molecule has 15 rings (SSSR count). The lowest BCUT2D eigenvalue weighted by Gasteiger charge is -2.28. The molecule has 0 radical (unpaired) electrons. The van der Waals surface area contributed by atoms with Gasteiger partial charge < -0.3 is 49.2 Å². The first-order valence-corrected chi connectivity index (χ1v) is 34.3. The van der Waals surface area contributed by atoms with Crippen molar-refractivity contribution in [2.45, 2.75) is 90.6 Å². The van der Waals surface area contributed by atoms with E-state index in [0.29, 0.717) is 31.1 Å². The van der Waals surface area contributed by atoms with Crippen LogP contribution >= 0.6 is 0 Å². The molecule has 9 heterocycles. The average molecular weight is 1450 g/mol. The number of benzene rings is 6. The van der Waals surface area contributed by atoms with Crippen LogP contribution in [0.15, 0.2) is 159 Å². The van der Waals surface area contributed by atoms with Gasteiger partial charge in [0.2, 0.25) is 11.8 Å².